The predicted molar refractivity (Wildman–Crippen MR) is 83.8 cm³/mol. The van der Waals surface area contributed by atoms with E-state index in [-0.39, 0.29) is 0 Å². The molecule has 0 nitrogen and oxygen atoms in total. The Labute approximate surface area is 123 Å². The van der Waals surface area contributed by atoms with Crippen molar-refractivity contribution in [3.8, 4) is 0 Å². The van der Waals surface area contributed by atoms with Crippen LogP contribution in [0.4, 0.5) is 0 Å². The molecule has 1 heterocycles. The topological polar surface area (TPSA) is 0 Å². The summed E-state index contributed by atoms with van der Waals surface area (Å²) in [6.45, 7) is 0. The lowest BCUT2D eigenvalue weighted by atomic mass is 10.1. The lowest BCUT2D eigenvalue weighted by Crippen LogP contribution is -1.86. The Kier molecular flexibility index (Phi) is 3.42. The van der Waals surface area contributed by atoms with Crippen LogP contribution in [0, 0.1) is 0 Å². The van der Waals surface area contributed by atoms with Crippen molar-refractivity contribution in [1.29, 1.82) is 0 Å². The Balaban J connectivity index is 1.98. The molecule has 0 aliphatic carbocycles. The molecule has 3 heteroatoms. The molecule has 0 atom stereocenters. The van der Waals surface area contributed by atoms with Crippen LogP contribution in [0.25, 0.3) is 10.1 Å². The maximum atomic E-state index is 6.23. The molecule has 0 radical (unpaired) electrons. The van der Waals surface area contributed by atoms with Crippen LogP contribution in [0.2, 0.25) is 5.02 Å². The molecule has 0 unspecified atom stereocenters. The first-order chi connectivity index (χ1) is 8.72. The van der Waals surface area contributed by atoms with Crippen molar-refractivity contribution in [1.82, 2.24) is 0 Å². The number of thiophene rings is 1. The van der Waals surface area contributed by atoms with E-state index in [2.05, 4.69) is 52.3 Å². The largest absolute Gasteiger partial charge is 0.140 e. The van der Waals surface area contributed by atoms with Crippen molar-refractivity contribution in [2.24, 2.45) is 0 Å². The van der Waals surface area contributed by atoms with Crippen LogP contribution in [-0.4, -0.2) is 0 Å². The first-order valence-corrected chi connectivity index (χ1v) is 7.62. The minimum Gasteiger partial charge on any atom is -0.140 e. The molecule has 3 aromatic rings. The van der Waals surface area contributed by atoms with Gasteiger partial charge in [-0.2, -0.15) is 0 Å². The molecular formula is C15H10BrClS. The minimum absolute atomic E-state index is 0.829. The van der Waals surface area contributed by atoms with Gasteiger partial charge in [-0.15, -0.1) is 11.3 Å². The Morgan fingerprint density at radius 1 is 1.06 bits per heavy atom. The third-order valence-corrected chi connectivity index (χ3v) is 4.83. The molecule has 0 aliphatic rings. The van der Waals surface area contributed by atoms with E-state index in [1.165, 1.54) is 15.0 Å². The fraction of sp³-hybridized carbons (Fsp3) is 0.0667. The lowest BCUT2D eigenvalue weighted by molar-refractivity contribution is 1.24. The van der Waals surface area contributed by atoms with Crippen LogP contribution in [0.15, 0.2) is 53.0 Å². The molecule has 18 heavy (non-hydrogen) atoms. The van der Waals surface area contributed by atoms with Gasteiger partial charge < -0.3 is 0 Å². The fourth-order valence-corrected chi connectivity index (χ4v) is 3.67. The fourth-order valence-electron chi connectivity index (χ4n) is 1.99. The summed E-state index contributed by atoms with van der Waals surface area (Å²) in [5.74, 6) is 0. The van der Waals surface area contributed by atoms with Crippen LogP contribution in [0.3, 0.4) is 0 Å². The van der Waals surface area contributed by atoms with Crippen LogP contribution in [-0.2, 0) is 6.42 Å². The van der Waals surface area contributed by atoms with Gasteiger partial charge in [-0.25, -0.2) is 0 Å². The molecule has 0 saturated heterocycles. The van der Waals surface area contributed by atoms with Gasteiger partial charge in [-0.05, 0) is 41.3 Å². The maximum Gasteiger partial charge on any atom is 0.0442 e. The Morgan fingerprint density at radius 2 is 1.89 bits per heavy atom. The van der Waals surface area contributed by atoms with Gasteiger partial charge >= 0.3 is 0 Å². The number of fused-ring (bicyclic) bond motifs is 1. The summed E-state index contributed by atoms with van der Waals surface area (Å²) in [5, 5.41) is 2.14. The lowest BCUT2D eigenvalue weighted by Gasteiger charge is -2.02. The second-order valence-electron chi connectivity index (χ2n) is 4.16. The molecular weight excluding hydrogens is 328 g/mol. The third-order valence-electron chi connectivity index (χ3n) is 2.85. The van der Waals surface area contributed by atoms with E-state index in [0.29, 0.717) is 0 Å². The maximum absolute atomic E-state index is 6.23. The minimum atomic E-state index is 0.829. The van der Waals surface area contributed by atoms with Crippen LogP contribution < -0.4 is 0 Å². The highest BCUT2D eigenvalue weighted by atomic mass is 79.9. The zero-order chi connectivity index (χ0) is 12.5. The Hall–Kier alpha value is -0.830. The van der Waals surface area contributed by atoms with E-state index < -0.39 is 0 Å². The Bertz CT molecular complexity index is 670. The zero-order valence-corrected chi connectivity index (χ0v) is 12.6. The zero-order valence-electron chi connectivity index (χ0n) is 9.49. The highest BCUT2D eigenvalue weighted by molar-refractivity contribution is 9.10. The van der Waals surface area contributed by atoms with Crippen molar-refractivity contribution < 1.29 is 0 Å². The summed E-state index contributed by atoms with van der Waals surface area (Å²) in [5.41, 5.74) is 1.16. The van der Waals surface area contributed by atoms with E-state index in [1.54, 1.807) is 0 Å². The summed E-state index contributed by atoms with van der Waals surface area (Å²) in [4.78, 5) is 1.34. The van der Waals surface area contributed by atoms with E-state index in [0.717, 1.165) is 21.5 Å². The molecule has 0 spiro atoms. The summed E-state index contributed by atoms with van der Waals surface area (Å²) < 4.78 is 2.40. The van der Waals surface area contributed by atoms with E-state index in [9.17, 15) is 0 Å². The van der Waals surface area contributed by atoms with Crippen molar-refractivity contribution >= 4 is 49.0 Å². The highest BCUT2D eigenvalue weighted by Gasteiger charge is 2.06. The SMILES string of the molecule is Clc1ccc(Br)cc1Cc1cc2ccccc2s1. The monoisotopic (exact) mass is 336 g/mol. The molecule has 1 aromatic heterocycles. The van der Waals surface area contributed by atoms with Gasteiger partial charge in [0.1, 0.15) is 0 Å². The van der Waals surface area contributed by atoms with E-state index in [1.807, 2.05) is 23.5 Å². The molecule has 90 valence electrons. The van der Waals surface area contributed by atoms with Gasteiger partial charge in [0.2, 0.25) is 0 Å². The van der Waals surface area contributed by atoms with Crippen molar-refractivity contribution in [3.05, 3.63) is 68.5 Å². The Morgan fingerprint density at radius 3 is 2.72 bits per heavy atom. The average Bonchev–Trinajstić information content (AvgIpc) is 2.76. The predicted octanol–water partition coefficient (Wildman–Crippen LogP) is 5.91. The first-order valence-electron chi connectivity index (χ1n) is 5.64. The van der Waals surface area contributed by atoms with Crippen LogP contribution in [0.5, 0.6) is 0 Å². The molecule has 0 aliphatic heterocycles. The van der Waals surface area contributed by atoms with E-state index >= 15 is 0 Å². The summed E-state index contributed by atoms with van der Waals surface area (Å²) in [6, 6.07) is 16.7. The van der Waals surface area contributed by atoms with Crippen LogP contribution in [0.1, 0.15) is 10.4 Å². The molecule has 2 aromatic carbocycles. The summed E-state index contributed by atoms with van der Waals surface area (Å²) in [6.07, 6.45) is 0.887. The number of benzene rings is 2. The van der Waals surface area contributed by atoms with Gasteiger partial charge in [0.05, 0.1) is 0 Å². The number of hydrogen-bond donors (Lipinski definition) is 0. The number of halogens is 2. The third kappa shape index (κ3) is 2.46. The molecule has 0 bridgehead atoms. The quantitative estimate of drug-likeness (QED) is 0.545. The second kappa shape index (κ2) is 5.04. The average molecular weight is 338 g/mol. The molecule has 3 rings (SSSR count). The van der Waals surface area contributed by atoms with Crippen molar-refractivity contribution in [2.45, 2.75) is 6.42 Å². The van der Waals surface area contributed by atoms with Gasteiger partial charge in [0.25, 0.3) is 0 Å². The molecule has 0 fully saturated rings. The van der Waals surface area contributed by atoms with Gasteiger partial charge in [0, 0.05) is 25.5 Å². The van der Waals surface area contributed by atoms with Crippen molar-refractivity contribution in [2.75, 3.05) is 0 Å². The second-order valence-corrected chi connectivity index (χ2v) is 6.65. The number of rotatable bonds is 2. The van der Waals surface area contributed by atoms with Gasteiger partial charge in [0.15, 0.2) is 0 Å². The smallest absolute Gasteiger partial charge is 0.0442 e. The van der Waals surface area contributed by atoms with Crippen molar-refractivity contribution in [3.63, 3.8) is 0 Å². The summed E-state index contributed by atoms with van der Waals surface area (Å²) >= 11 is 11.6. The highest BCUT2D eigenvalue weighted by Crippen LogP contribution is 2.30. The van der Waals surface area contributed by atoms with E-state index in [4.69, 9.17) is 11.6 Å². The first kappa shape index (κ1) is 12.2. The number of hydrogen-bond acceptors (Lipinski definition) is 1. The molecule has 0 amide bonds. The van der Waals surface area contributed by atoms with Crippen LogP contribution >= 0.6 is 38.9 Å². The molecule has 0 N–H and O–H groups in total. The van der Waals surface area contributed by atoms with Gasteiger partial charge in [-0.1, -0.05) is 45.7 Å². The standard InChI is InChI=1S/C15H10BrClS/c16-12-5-6-14(17)11(7-12)9-13-8-10-3-1-2-4-15(10)18-13/h1-8H,9H2. The normalized spacial score (nSPS) is 11.0. The molecule has 0 saturated carbocycles. The van der Waals surface area contributed by atoms with Gasteiger partial charge in [-0.3, -0.25) is 0 Å². The summed E-state index contributed by atoms with van der Waals surface area (Å²) in [7, 11) is 0.